The smallest absolute Gasteiger partial charge is 0.240 e. The predicted octanol–water partition coefficient (Wildman–Crippen LogP) is 1.43. The Morgan fingerprint density at radius 1 is 1.44 bits per heavy atom. The molecule has 104 valence electrons. The van der Waals surface area contributed by atoms with Gasteiger partial charge in [-0.15, -0.1) is 12.4 Å². The number of hydrogen-bond acceptors (Lipinski definition) is 3. The minimum atomic E-state index is -3.66. The Morgan fingerprint density at radius 3 is 2.61 bits per heavy atom. The summed E-state index contributed by atoms with van der Waals surface area (Å²) in [4.78, 5) is -0.0262. The van der Waals surface area contributed by atoms with Crippen LogP contribution in [0.4, 0.5) is 4.39 Å². The number of benzene rings is 1. The van der Waals surface area contributed by atoms with E-state index in [1.54, 1.807) is 6.92 Å². The first-order valence-corrected chi connectivity index (χ1v) is 6.81. The summed E-state index contributed by atoms with van der Waals surface area (Å²) in [7, 11) is -3.66. The molecule has 1 atom stereocenters. The number of hydrogen-bond donors (Lipinski definition) is 2. The number of nitrogens with two attached hydrogens (primary N) is 1. The molecule has 1 aromatic carbocycles. The van der Waals surface area contributed by atoms with Crippen molar-refractivity contribution in [1.29, 1.82) is 0 Å². The molecule has 0 aliphatic rings. The van der Waals surface area contributed by atoms with Crippen LogP contribution in [0.1, 0.15) is 12.5 Å². The molecule has 0 amide bonds. The maximum Gasteiger partial charge on any atom is 0.240 e. The molecule has 0 saturated carbocycles. The Labute approximate surface area is 113 Å². The van der Waals surface area contributed by atoms with E-state index in [2.05, 4.69) is 4.72 Å². The van der Waals surface area contributed by atoms with Crippen LogP contribution in [0.25, 0.3) is 0 Å². The van der Waals surface area contributed by atoms with E-state index in [-0.39, 0.29) is 29.8 Å². The van der Waals surface area contributed by atoms with Gasteiger partial charge in [0.15, 0.2) is 0 Å². The minimum absolute atomic E-state index is 0. The fraction of sp³-hybridized carbons (Fsp3) is 0.455. The quantitative estimate of drug-likeness (QED) is 0.863. The maximum absolute atomic E-state index is 13.0. The lowest BCUT2D eigenvalue weighted by molar-refractivity contribution is 0.543. The van der Waals surface area contributed by atoms with Crippen LogP contribution in [0.2, 0.25) is 0 Å². The van der Waals surface area contributed by atoms with Crippen molar-refractivity contribution in [2.24, 2.45) is 11.7 Å². The standard InChI is InChI=1S/C11H17FN2O2S.ClH/c1-8(6-13)7-14-17(15,16)11-5-10(12)4-3-9(11)2;/h3-5,8,14H,6-7,13H2,1-2H3;1H. The van der Waals surface area contributed by atoms with E-state index in [1.807, 2.05) is 6.92 Å². The zero-order chi connectivity index (χ0) is 13.1. The van der Waals surface area contributed by atoms with Gasteiger partial charge in [0.05, 0.1) is 4.90 Å². The van der Waals surface area contributed by atoms with Crippen LogP contribution in [-0.4, -0.2) is 21.5 Å². The van der Waals surface area contributed by atoms with Crippen molar-refractivity contribution in [3.05, 3.63) is 29.6 Å². The average Bonchev–Trinajstić information content (AvgIpc) is 2.29. The summed E-state index contributed by atoms with van der Waals surface area (Å²) in [6.45, 7) is 4.10. The van der Waals surface area contributed by atoms with Gasteiger partial charge in [0.2, 0.25) is 10.0 Å². The van der Waals surface area contributed by atoms with E-state index in [0.29, 0.717) is 12.1 Å². The average molecular weight is 297 g/mol. The molecule has 0 radical (unpaired) electrons. The molecule has 1 aromatic rings. The Morgan fingerprint density at radius 2 is 2.06 bits per heavy atom. The highest BCUT2D eigenvalue weighted by molar-refractivity contribution is 7.89. The van der Waals surface area contributed by atoms with E-state index in [9.17, 15) is 12.8 Å². The molecule has 1 unspecified atom stereocenters. The van der Waals surface area contributed by atoms with Crippen molar-refractivity contribution in [3.63, 3.8) is 0 Å². The zero-order valence-corrected chi connectivity index (χ0v) is 11.9. The Kier molecular flexibility index (Phi) is 6.77. The van der Waals surface area contributed by atoms with Crippen molar-refractivity contribution in [2.45, 2.75) is 18.7 Å². The largest absolute Gasteiger partial charge is 0.330 e. The summed E-state index contributed by atoms with van der Waals surface area (Å²) in [5, 5.41) is 0. The Bertz CT molecular complexity index is 494. The van der Waals surface area contributed by atoms with Gasteiger partial charge in [0.25, 0.3) is 0 Å². The Balaban J connectivity index is 0.00000289. The minimum Gasteiger partial charge on any atom is -0.330 e. The van der Waals surface area contributed by atoms with Crippen LogP contribution in [0.15, 0.2) is 23.1 Å². The molecule has 0 aromatic heterocycles. The highest BCUT2D eigenvalue weighted by Crippen LogP contribution is 2.16. The molecular weight excluding hydrogens is 279 g/mol. The number of aryl methyl sites for hydroxylation is 1. The van der Waals surface area contributed by atoms with E-state index in [4.69, 9.17) is 5.73 Å². The SMILES string of the molecule is Cc1ccc(F)cc1S(=O)(=O)NCC(C)CN.Cl. The summed E-state index contributed by atoms with van der Waals surface area (Å²) < 4.78 is 39.3. The van der Waals surface area contributed by atoms with Crippen LogP contribution in [0.5, 0.6) is 0 Å². The lowest BCUT2D eigenvalue weighted by Gasteiger charge is -2.12. The molecule has 0 saturated heterocycles. The van der Waals surface area contributed by atoms with Gasteiger partial charge in [0, 0.05) is 6.54 Å². The molecule has 0 heterocycles. The predicted molar refractivity (Wildman–Crippen MR) is 71.8 cm³/mol. The molecule has 0 fully saturated rings. The fourth-order valence-electron chi connectivity index (χ4n) is 1.28. The van der Waals surface area contributed by atoms with Gasteiger partial charge < -0.3 is 5.73 Å². The molecule has 0 bridgehead atoms. The molecule has 0 aliphatic carbocycles. The number of nitrogens with one attached hydrogen (secondary N) is 1. The van der Waals surface area contributed by atoms with Crippen LogP contribution in [0, 0.1) is 18.7 Å². The fourth-order valence-corrected chi connectivity index (χ4v) is 2.70. The van der Waals surface area contributed by atoms with Crippen LogP contribution in [0.3, 0.4) is 0 Å². The maximum atomic E-state index is 13.0. The monoisotopic (exact) mass is 296 g/mol. The first kappa shape index (κ1) is 17.3. The van der Waals surface area contributed by atoms with Gasteiger partial charge in [-0.05, 0) is 37.1 Å². The van der Waals surface area contributed by atoms with Gasteiger partial charge in [-0.3, -0.25) is 0 Å². The van der Waals surface area contributed by atoms with Crippen LogP contribution < -0.4 is 10.5 Å². The third-order valence-electron chi connectivity index (χ3n) is 2.46. The second-order valence-corrected chi connectivity index (χ2v) is 5.84. The summed E-state index contributed by atoms with van der Waals surface area (Å²) in [6, 6.07) is 3.69. The molecule has 0 aliphatic heterocycles. The highest BCUT2D eigenvalue weighted by Gasteiger charge is 2.17. The van der Waals surface area contributed by atoms with Gasteiger partial charge >= 0.3 is 0 Å². The summed E-state index contributed by atoms with van der Waals surface area (Å²) in [6.07, 6.45) is 0. The van der Waals surface area contributed by atoms with E-state index in [1.165, 1.54) is 12.1 Å². The van der Waals surface area contributed by atoms with Gasteiger partial charge in [-0.25, -0.2) is 17.5 Å². The summed E-state index contributed by atoms with van der Waals surface area (Å²) in [5.41, 5.74) is 5.91. The number of halogens is 2. The molecule has 1 rings (SSSR count). The molecular formula is C11H18ClFN2O2S. The lowest BCUT2D eigenvalue weighted by Crippen LogP contribution is -2.31. The van der Waals surface area contributed by atoms with Crippen LogP contribution in [-0.2, 0) is 10.0 Å². The third-order valence-corrected chi connectivity index (χ3v) is 4.03. The lowest BCUT2D eigenvalue weighted by atomic mass is 10.2. The van der Waals surface area contributed by atoms with E-state index < -0.39 is 15.8 Å². The summed E-state index contributed by atoms with van der Waals surface area (Å²) in [5.74, 6) is -0.526. The number of sulfonamides is 1. The second kappa shape index (κ2) is 7.04. The molecule has 3 N–H and O–H groups in total. The van der Waals surface area contributed by atoms with Crippen molar-refractivity contribution in [3.8, 4) is 0 Å². The first-order valence-electron chi connectivity index (χ1n) is 5.32. The highest BCUT2D eigenvalue weighted by atomic mass is 35.5. The van der Waals surface area contributed by atoms with Gasteiger partial charge in [0.1, 0.15) is 5.82 Å². The van der Waals surface area contributed by atoms with Crippen molar-refractivity contribution in [1.82, 2.24) is 4.72 Å². The van der Waals surface area contributed by atoms with Gasteiger partial charge in [-0.2, -0.15) is 0 Å². The second-order valence-electron chi connectivity index (χ2n) is 4.10. The van der Waals surface area contributed by atoms with Crippen molar-refractivity contribution >= 4 is 22.4 Å². The third kappa shape index (κ3) is 4.53. The normalized spacial score (nSPS) is 12.9. The molecule has 7 heteroatoms. The summed E-state index contributed by atoms with van der Waals surface area (Å²) >= 11 is 0. The van der Waals surface area contributed by atoms with E-state index >= 15 is 0 Å². The topological polar surface area (TPSA) is 72.2 Å². The van der Waals surface area contributed by atoms with Crippen molar-refractivity contribution < 1.29 is 12.8 Å². The zero-order valence-electron chi connectivity index (χ0n) is 10.3. The van der Waals surface area contributed by atoms with Crippen LogP contribution >= 0.6 is 12.4 Å². The van der Waals surface area contributed by atoms with Crippen molar-refractivity contribution in [2.75, 3.05) is 13.1 Å². The molecule has 4 nitrogen and oxygen atoms in total. The molecule has 18 heavy (non-hydrogen) atoms. The first-order chi connectivity index (χ1) is 7.86. The Hall–Kier alpha value is -0.690. The van der Waals surface area contributed by atoms with Gasteiger partial charge in [-0.1, -0.05) is 13.0 Å². The number of rotatable bonds is 5. The molecule has 0 spiro atoms. The van der Waals surface area contributed by atoms with E-state index in [0.717, 1.165) is 6.07 Å².